The number of methoxy groups -OCH3 is 1. The minimum atomic E-state index is -0.245. The number of ether oxygens (including phenoxy) is 3. The lowest BCUT2D eigenvalue weighted by atomic mass is 9.87. The third kappa shape index (κ3) is 5.21. The highest BCUT2D eigenvalue weighted by molar-refractivity contribution is 5.92. The summed E-state index contributed by atoms with van der Waals surface area (Å²) in [4.78, 5) is 14.7. The first-order valence-electron chi connectivity index (χ1n) is 10.1. The van der Waals surface area contributed by atoms with Crippen LogP contribution in [-0.4, -0.2) is 62.5 Å². The van der Waals surface area contributed by atoms with Crippen LogP contribution in [0.1, 0.15) is 39.0 Å². The normalized spacial score (nSPS) is 25.6. The Morgan fingerprint density at radius 1 is 1.37 bits per heavy atom. The number of amides is 1. The smallest absolute Gasteiger partial charge is 0.238 e. The van der Waals surface area contributed by atoms with Crippen LogP contribution in [0.25, 0.3) is 0 Å². The van der Waals surface area contributed by atoms with Crippen LogP contribution in [0, 0.1) is 0 Å². The van der Waals surface area contributed by atoms with Crippen molar-refractivity contribution < 1.29 is 19.0 Å². The number of hydrogen-bond acceptors (Lipinski definition) is 5. The summed E-state index contributed by atoms with van der Waals surface area (Å²) in [6.07, 6.45) is 5.24. The Kier molecular flexibility index (Phi) is 7.10. The van der Waals surface area contributed by atoms with E-state index in [9.17, 15) is 4.79 Å². The van der Waals surface area contributed by atoms with Crippen LogP contribution in [0.15, 0.2) is 24.3 Å². The quantitative estimate of drug-likeness (QED) is 0.707. The van der Waals surface area contributed by atoms with Gasteiger partial charge in [-0.1, -0.05) is 13.3 Å². The first-order chi connectivity index (χ1) is 13.1. The van der Waals surface area contributed by atoms with E-state index in [1.165, 1.54) is 0 Å². The van der Waals surface area contributed by atoms with E-state index in [-0.39, 0.29) is 17.6 Å². The van der Waals surface area contributed by atoms with Crippen molar-refractivity contribution in [2.45, 2.75) is 50.7 Å². The fourth-order valence-corrected chi connectivity index (χ4v) is 4.06. The highest BCUT2D eigenvalue weighted by Gasteiger charge is 2.47. The van der Waals surface area contributed by atoms with Gasteiger partial charge in [-0.05, 0) is 49.9 Å². The molecule has 6 heteroatoms. The van der Waals surface area contributed by atoms with Gasteiger partial charge in [-0.2, -0.15) is 0 Å². The number of rotatable bonds is 8. The van der Waals surface area contributed by atoms with Crippen molar-refractivity contribution in [3.8, 4) is 5.75 Å². The van der Waals surface area contributed by atoms with Crippen LogP contribution in [0.5, 0.6) is 5.75 Å². The molecule has 1 N–H and O–H groups in total. The van der Waals surface area contributed by atoms with Gasteiger partial charge in [-0.3, -0.25) is 9.69 Å². The molecule has 1 amide bonds. The summed E-state index contributed by atoms with van der Waals surface area (Å²) in [5.74, 6) is 0.835. The van der Waals surface area contributed by atoms with E-state index in [4.69, 9.17) is 14.2 Å². The lowest BCUT2D eigenvalue weighted by molar-refractivity contribution is -0.146. The Labute approximate surface area is 162 Å². The van der Waals surface area contributed by atoms with Crippen molar-refractivity contribution in [2.75, 3.05) is 45.3 Å². The standard InChI is InChI=1S/C21H32N2O4/c1-3-4-13-26-18-8-6-17(7-9-18)22-20(24)15-23-12-10-19(25-2)21(16-23)11-5-14-27-21/h6-9,19H,3-5,10-16H2,1-2H3,(H,22,24)/t19-,21+/m1/s1. The van der Waals surface area contributed by atoms with E-state index in [0.29, 0.717) is 6.54 Å². The van der Waals surface area contributed by atoms with Gasteiger partial charge in [0.25, 0.3) is 0 Å². The van der Waals surface area contributed by atoms with Crippen LogP contribution in [0.4, 0.5) is 5.69 Å². The fourth-order valence-electron chi connectivity index (χ4n) is 4.06. The number of piperidine rings is 1. The van der Waals surface area contributed by atoms with E-state index < -0.39 is 0 Å². The molecule has 2 aliphatic rings. The average Bonchev–Trinajstić information content (AvgIpc) is 3.12. The maximum absolute atomic E-state index is 12.5. The van der Waals surface area contributed by atoms with Crippen molar-refractivity contribution >= 4 is 11.6 Å². The molecule has 6 nitrogen and oxygen atoms in total. The molecule has 3 rings (SSSR count). The highest BCUT2D eigenvalue weighted by atomic mass is 16.6. The predicted octanol–water partition coefficient (Wildman–Crippen LogP) is 3.07. The molecule has 0 unspecified atom stereocenters. The number of benzene rings is 1. The summed E-state index contributed by atoms with van der Waals surface area (Å²) in [6.45, 7) is 5.62. The predicted molar refractivity (Wildman–Crippen MR) is 105 cm³/mol. The second kappa shape index (κ2) is 9.53. The van der Waals surface area contributed by atoms with Crippen LogP contribution in [0.3, 0.4) is 0 Å². The molecule has 0 aromatic heterocycles. The summed E-state index contributed by atoms with van der Waals surface area (Å²) in [6, 6.07) is 7.57. The minimum Gasteiger partial charge on any atom is -0.494 e. The van der Waals surface area contributed by atoms with Gasteiger partial charge in [-0.25, -0.2) is 0 Å². The van der Waals surface area contributed by atoms with Crippen LogP contribution < -0.4 is 10.1 Å². The van der Waals surface area contributed by atoms with Gasteiger partial charge in [0.2, 0.25) is 5.91 Å². The van der Waals surface area contributed by atoms with Gasteiger partial charge in [0.15, 0.2) is 0 Å². The van der Waals surface area contributed by atoms with E-state index in [1.807, 2.05) is 24.3 Å². The lowest BCUT2D eigenvalue weighted by Gasteiger charge is -2.44. The molecule has 27 heavy (non-hydrogen) atoms. The first-order valence-corrected chi connectivity index (χ1v) is 10.1. The van der Waals surface area contributed by atoms with Crippen molar-refractivity contribution in [1.82, 2.24) is 4.90 Å². The number of carbonyl (C=O) groups excluding carboxylic acids is 1. The van der Waals surface area contributed by atoms with Gasteiger partial charge in [0.05, 0.1) is 19.3 Å². The molecule has 2 saturated heterocycles. The van der Waals surface area contributed by atoms with Crippen molar-refractivity contribution in [1.29, 1.82) is 0 Å². The largest absolute Gasteiger partial charge is 0.494 e. The Morgan fingerprint density at radius 3 is 2.85 bits per heavy atom. The molecule has 2 heterocycles. The maximum atomic E-state index is 12.5. The number of anilines is 1. The Morgan fingerprint density at radius 2 is 2.19 bits per heavy atom. The Bertz CT molecular complexity index is 599. The highest BCUT2D eigenvalue weighted by Crippen LogP contribution is 2.36. The zero-order chi connectivity index (χ0) is 19.1. The summed E-state index contributed by atoms with van der Waals surface area (Å²) in [5, 5.41) is 2.98. The van der Waals surface area contributed by atoms with Crippen molar-refractivity contribution in [2.24, 2.45) is 0 Å². The van der Waals surface area contributed by atoms with Crippen LogP contribution >= 0.6 is 0 Å². The van der Waals surface area contributed by atoms with E-state index in [2.05, 4.69) is 17.1 Å². The van der Waals surface area contributed by atoms with Crippen molar-refractivity contribution in [3.05, 3.63) is 24.3 Å². The molecule has 0 bridgehead atoms. The average molecular weight is 376 g/mol. The molecule has 2 fully saturated rings. The molecular weight excluding hydrogens is 344 g/mol. The minimum absolute atomic E-state index is 0.00124. The maximum Gasteiger partial charge on any atom is 0.238 e. The van der Waals surface area contributed by atoms with Crippen molar-refractivity contribution in [3.63, 3.8) is 0 Å². The third-order valence-corrected chi connectivity index (χ3v) is 5.48. The molecular formula is C21H32N2O4. The lowest BCUT2D eigenvalue weighted by Crippen LogP contribution is -2.58. The van der Waals surface area contributed by atoms with Crippen LogP contribution in [0.2, 0.25) is 0 Å². The summed E-state index contributed by atoms with van der Waals surface area (Å²) in [5.41, 5.74) is 0.548. The van der Waals surface area contributed by atoms with Gasteiger partial charge in [0, 0.05) is 32.5 Å². The molecule has 0 aliphatic carbocycles. The number of hydrogen-bond donors (Lipinski definition) is 1. The fraction of sp³-hybridized carbons (Fsp3) is 0.667. The Hall–Kier alpha value is -1.63. The topological polar surface area (TPSA) is 60.0 Å². The zero-order valence-corrected chi connectivity index (χ0v) is 16.5. The monoisotopic (exact) mass is 376 g/mol. The van der Waals surface area contributed by atoms with E-state index in [0.717, 1.165) is 69.8 Å². The number of nitrogens with one attached hydrogen (secondary N) is 1. The molecule has 1 spiro atoms. The number of unbranched alkanes of at least 4 members (excludes halogenated alkanes) is 1. The van der Waals surface area contributed by atoms with Crippen LogP contribution in [-0.2, 0) is 14.3 Å². The number of likely N-dealkylation sites (tertiary alicyclic amines) is 1. The SMILES string of the molecule is CCCCOc1ccc(NC(=O)CN2CC[C@@H](OC)[C@]3(CCCO3)C2)cc1. The molecule has 0 radical (unpaired) electrons. The number of nitrogens with zero attached hydrogens (tertiary/aromatic N) is 1. The third-order valence-electron chi connectivity index (χ3n) is 5.48. The van der Waals surface area contributed by atoms with Gasteiger partial charge < -0.3 is 19.5 Å². The Balaban J connectivity index is 1.49. The molecule has 2 aliphatic heterocycles. The zero-order valence-electron chi connectivity index (χ0n) is 16.5. The molecule has 150 valence electrons. The molecule has 1 aromatic rings. The summed E-state index contributed by atoms with van der Waals surface area (Å²) < 4.78 is 17.4. The van der Waals surface area contributed by atoms with E-state index >= 15 is 0 Å². The summed E-state index contributed by atoms with van der Waals surface area (Å²) in [7, 11) is 1.76. The first kappa shape index (κ1) is 20.1. The molecule has 1 aromatic carbocycles. The van der Waals surface area contributed by atoms with Gasteiger partial charge in [0.1, 0.15) is 11.4 Å². The van der Waals surface area contributed by atoms with Gasteiger partial charge >= 0.3 is 0 Å². The number of carbonyl (C=O) groups is 1. The molecule has 2 atom stereocenters. The van der Waals surface area contributed by atoms with E-state index in [1.54, 1.807) is 7.11 Å². The van der Waals surface area contributed by atoms with Gasteiger partial charge in [-0.15, -0.1) is 0 Å². The second-order valence-corrected chi connectivity index (χ2v) is 7.52. The summed E-state index contributed by atoms with van der Waals surface area (Å²) >= 11 is 0. The molecule has 0 saturated carbocycles. The second-order valence-electron chi connectivity index (χ2n) is 7.52.